The van der Waals surface area contributed by atoms with E-state index in [2.05, 4.69) is 5.32 Å². The van der Waals surface area contributed by atoms with Gasteiger partial charge in [-0.05, 0) is 62.1 Å². The molecule has 1 unspecified atom stereocenters. The molecule has 3 aromatic carbocycles. The third kappa shape index (κ3) is 3.87. The van der Waals surface area contributed by atoms with Crippen LogP contribution in [-0.4, -0.2) is 46.0 Å². The molecule has 5 atom stereocenters. The fraction of sp³-hybridized carbons (Fsp3) is 0.382. The smallest absolute Gasteiger partial charge is 0.338 e. The molecule has 11 heteroatoms. The number of benzene rings is 3. The third-order valence-corrected chi connectivity index (χ3v) is 11.0. The van der Waals surface area contributed by atoms with E-state index in [1.807, 2.05) is 17.7 Å². The predicted molar refractivity (Wildman–Crippen MR) is 171 cm³/mol. The lowest BCUT2D eigenvalue weighted by molar-refractivity contribution is -0.941. The standard InChI is InChI=1S/C33H29Cl2FN4O4.CH4/c1-16-19(31(41)44-2)9-10-20-25-12-13-26-30(39(25)38-29(16)20)27(21-4-3-5-23(35)28(21)36)33(40(26,43)15-17-6-7-17)22-11-8-18(34)14-24(22)37-32(33)42;/h3-5,8-11,14,17,26-27,30H,6-7,12-13,15H2,1-2H3,(H,37,42);1H4/t26-,27-,30+,33+,40?;/m0./s1. The van der Waals surface area contributed by atoms with Gasteiger partial charge in [0.1, 0.15) is 17.9 Å². The van der Waals surface area contributed by atoms with E-state index in [0.29, 0.717) is 45.8 Å². The number of fused-ring (bicyclic) bond motifs is 7. The van der Waals surface area contributed by atoms with Gasteiger partial charge in [-0.15, -0.1) is 0 Å². The Morgan fingerprint density at radius 3 is 2.71 bits per heavy atom. The van der Waals surface area contributed by atoms with E-state index in [1.54, 1.807) is 36.4 Å². The number of nitrogens with zero attached hydrogens (tertiary/aromatic N) is 3. The topological polar surface area (TPSA) is 96.3 Å². The molecule has 1 N–H and O–H groups in total. The van der Waals surface area contributed by atoms with Crippen LogP contribution in [0.5, 0.6) is 0 Å². The van der Waals surface area contributed by atoms with Crippen LogP contribution < -0.4 is 5.32 Å². The van der Waals surface area contributed by atoms with Gasteiger partial charge in [0.15, 0.2) is 0 Å². The molecule has 2 fully saturated rings. The van der Waals surface area contributed by atoms with Gasteiger partial charge in [-0.1, -0.05) is 48.8 Å². The van der Waals surface area contributed by atoms with Crippen molar-refractivity contribution in [3.63, 3.8) is 0 Å². The zero-order chi connectivity index (χ0) is 30.7. The van der Waals surface area contributed by atoms with Gasteiger partial charge in [-0.25, -0.2) is 9.18 Å². The fourth-order valence-electron chi connectivity index (χ4n) is 8.47. The number of aryl methyl sites for hydroxylation is 2. The molecule has 4 aliphatic rings. The van der Waals surface area contributed by atoms with Gasteiger partial charge < -0.3 is 19.9 Å². The second-order valence-corrected chi connectivity index (χ2v) is 13.4. The van der Waals surface area contributed by atoms with E-state index >= 15 is 9.60 Å². The number of hydrogen-bond acceptors (Lipinski definition) is 5. The Hall–Kier alpha value is -3.50. The number of hydrogen-bond donors (Lipinski definition) is 1. The third-order valence-electron chi connectivity index (χ3n) is 10.4. The molecule has 4 heterocycles. The van der Waals surface area contributed by atoms with E-state index in [4.69, 9.17) is 33.0 Å². The normalized spacial score (nSPS) is 28.0. The summed E-state index contributed by atoms with van der Waals surface area (Å²) < 4.78 is 22.3. The number of nitrogens with one attached hydrogen (secondary N) is 1. The number of methoxy groups -OCH3 is 1. The molecular formula is C34H33Cl2FN4O4. The summed E-state index contributed by atoms with van der Waals surface area (Å²) in [5, 5.41) is 25.2. The highest BCUT2D eigenvalue weighted by molar-refractivity contribution is 6.31. The van der Waals surface area contributed by atoms with Gasteiger partial charge in [0.05, 0.1) is 41.4 Å². The summed E-state index contributed by atoms with van der Waals surface area (Å²) in [6, 6.07) is 12.2. The first-order valence-corrected chi connectivity index (χ1v) is 15.6. The van der Waals surface area contributed by atoms with Crippen LogP contribution in [0.1, 0.15) is 71.4 Å². The van der Waals surface area contributed by atoms with Crippen LogP contribution in [0.15, 0.2) is 48.5 Å². The maximum atomic E-state index is 16.3. The Labute approximate surface area is 270 Å². The first kappa shape index (κ1) is 30.2. The highest BCUT2D eigenvalue weighted by Gasteiger charge is 2.75. The first-order chi connectivity index (χ1) is 21.1. The number of likely N-dealkylation sites (tertiary alicyclic amines) is 1. The molecule has 8 rings (SSSR count). The van der Waals surface area contributed by atoms with Gasteiger partial charge in [-0.2, -0.15) is 5.10 Å². The zero-order valence-electron chi connectivity index (χ0n) is 24.1. The minimum Gasteiger partial charge on any atom is -0.632 e. The van der Waals surface area contributed by atoms with E-state index in [1.165, 1.54) is 13.2 Å². The summed E-state index contributed by atoms with van der Waals surface area (Å²) in [5.41, 5.74) is 2.03. The number of hydroxylamine groups is 3. The Balaban J connectivity index is 0.00000325. The Morgan fingerprint density at radius 1 is 1.20 bits per heavy atom. The van der Waals surface area contributed by atoms with Crippen LogP contribution in [-0.2, 0) is 21.5 Å². The van der Waals surface area contributed by atoms with Gasteiger partial charge in [0.25, 0.3) is 5.91 Å². The minimum atomic E-state index is -1.71. The van der Waals surface area contributed by atoms with Crippen molar-refractivity contribution in [2.45, 2.75) is 63.6 Å². The van der Waals surface area contributed by atoms with Crippen molar-refractivity contribution in [2.24, 2.45) is 5.92 Å². The molecule has 4 aromatic rings. The number of carbonyl (C=O) groups is 2. The lowest BCUT2D eigenvalue weighted by atomic mass is 9.72. The van der Waals surface area contributed by atoms with Crippen molar-refractivity contribution < 1.29 is 23.4 Å². The maximum absolute atomic E-state index is 16.3. The van der Waals surface area contributed by atoms with Crippen LogP contribution in [0.4, 0.5) is 10.1 Å². The molecule has 1 spiro atoms. The molecule has 1 aliphatic carbocycles. The molecule has 45 heavy (non-hydrogen) atoms. The van der Waals surface area contributed by atoms with Gasteiger partial charge >= 0.3 is 5.97 Å². The van der Waals surface area contributed by atoms with Crippen molar-refractivity contribution in [3.05, 3.63) is 97.5 Å². The van der Waals surface area contributed by atoms with Crippen LogP contribution >= 0.6 is 23.2 Å². The highest BCUT2D eigenvalue weighted by Crippen LogP contribution is 2.67. The first-order valence-electron chi connectivity index (χ1n) is 14.8. The molecule has 1 amide bonds. The quantitative estimate of drug-likeness (QED) is 0.141. The van der Waals surface area contributed by atoms with Crippen molar-refractivity contribution in [1.29, 1.82) is 0 Å². The van der Waals surface area contributed by atoms with Crippen LogP contribution in [0.25, 0.3) is 10.9 Å². The average molecular weight is 652 g/mol. The van der Waals surface area contributed by atoms with Crippen LogP contribution in [0.2, 0.25) is 10.0 Å². The van der Waals surface area contributed by atoms with Gasteiger partial charge in [0.2, 0.25) is 5.54 Å². The van der Waals surface area contributed by atoms with E-state index in [9.17, 15) is 9.59 Å². The average Bonchev–Trinajstić information content (AvgIpc) is 3.58. The number of anilines is 1. The Kier molecular flexibility index (Phi) is 6.87. The number of aromatic nitrogens is 2. The van der Waals surface area contributed by atoms with Crippen molar-refractivity contribution in [3.8, 4) is 0 Å². The van der Waals surface area contributed by atoms with Gasteiger partial charge in [-0.3, -0.25) is 9.48 Å². The predicted octanol–water partition coefficient (Wildman–Crippen LogP) is 7.44. The number of carbonyl (C=O) groups excluding carboxylic acids is 2. The monoisotopic (exact) mass is 650 g/mol. The largest absolute Gasteiger partial charge is 0.632 e. The maximum Gasteiger partial charge on any atom is 0.338 e. The van der Waals surface area contributed by atoms with Crippen LogP contribution in [0.3, 0.4) is 0 Å². The van der Waals surface area contributed by atoms with E-state index in [0.717, 1.165) is 23.9 Å². The number of esters is 1. The molecular weight excluding hydrogens is 618 g/mol. The molecule has 1 saturated heterocycles. The lowest BCUT2D eigenvalue weighted by Gasteiger charge is -2.54. The number of quaternary nitrogens is 1. The van der Waals surface area contributed by atoms with E-state index < -0.39 is 45.9 Å². The van der Waals surface area contributed by atoms with Crippen molar-refractivity contribution in [1.82, 2.24) is 9.78 Å². The minimum absolute atomic E-state index is 0. The fourth-order valence-corrected chi connectivity index (χ4v) is 8.83. The number of amides is 1. The molecule has 1 saturated carbocycles. The molecule has 0 radical (unpaired) electrons. The molecule has 3 aliphatic heterocycles. The lowest BCUT2D eigenvalue weighted by Crippen LogP contribution is -2.64. The summed E-state index contributed by atoms with van der Waals surface area (Å²) >= 11 is 12.8. The summed E-state index contributed by atoms with van der Waals surface area (Å²) in [7, 11) is 1.33. The molecule has 1 aromatic heterocycles. The molecule has 8 nitrogen and oxygen atoms in total. The molecule has 0 bridgehead atoms. The Morgan fingerprint density at radius 2 is 1.98 bits per heavy atom. The number of rotatable bonds is 4. The molecule has 234 valence electrons. The Bertz CT molecular complexity index is 1930. The SMILES string of the molecule is C.COC(=O)c1ccc2c3n(nc2c1C)[C@H]1[C@H](c2cccc(Cl)c2F)[C@]2(C(=O)Nc4cc(Cl)ccc42)[N+]([O-])(CC2CC2)[C@H]1CC3. The second kappa shape index (κ2) is 10.3. The number of halogens is 3. The second-order valence-electron chi connectivity index (χ2n) is 12.6. The summed E-state index contributed by atoms with van der Waals surface area (Å²) in [6.07, 6.45) is 2.84. The van der Waals surface area contributed by atoms with Crippen molar-refractivity contribution in [2.75, 3.05) is 19.0 Å². The number of ether oxygens (including phenoxy) is 1. The van der Waals surface area contributed by atoms with Crippen LogP contribution in [0, 0.1) is 23.9 Å². The van der Waals surface area contributed by atoms with Gasteiger partial charge in [0, 0.05) is 39.6 Å². The zero-order valence-corrected chi connectivity index (χ0v) is 25.6. The van der Waals surface area contributed by atoms with E-state index in [-0.39, 0.29) is 30.5 Å². The summed E-state index contributed by atoms with van der Waals surface area (Å²) in [5.74, 6) is -2.37. The van der Waals surface area contributed by atoms with Crippen molar-refractivity contribution >= 4 is 51.7 Å². The highest BCUT2D eigenvalue weighted by atomic mass is 35.5. The summed E-state index contributed by atoms with van der Waals surface area (Å²) in [4.78, 5) is 27.1. The summed E-state index contributed by atoms with van der Waals surface area (Å²) in [6.45, 7) is 2.05.